The molecular formula is C22H17N5O2S2. The second kappa shape index (κ2) is 8.37. The zero-order valence-corrected chi connectivity index (χ0v) is 18.1. The molecule has 1 N–H and O–H groups in total. The van der Waals surface area contributed by atoms with Crippen LogP contribution in [-0.2, 0) is 4.79 Å². The van der Waals surface area contributed by atoms with Crippen LogP contribution in [0.1, 0.15) is 5.69 Å². The molecule has 5 aromatic rings. The van der Waals surface area contributed by atoms with Crippen molar-refractivity contribution in [1.82, 2.24) is 19.7 Å². The number of rotatable bonds is 6. The van der Waals surface area contributed by atoms with Crippen molar-refractivity contribution in [2.75, 3.05) is 11.1 Å². The van der Waals surface area contributed by atoms with E-state index in [1.54, 1.807) is 0 Å². The highest BCUT2D eigenvalue weighted by Crippen LogP contribution is 2.31. The summed E-state index contributed by atoms with van der Waals surface area (Å²) in [5, 5.41) is 15.6. The van der Waals surface area contributed by atoms with Crippen LogP contribution < -0.4 is 5.32 Å². The summed E-state index contributed by atoms with van der Waals surface area (Å²) in [6.07, 6.45) is 0. The quantitative estimate of drug-likeness (QED) is 0.361. The molecule has 0 saturated heterocycles. The van der Waals surface area contributed by atoms with Crippen LogP contribution in [0.5, 0.6) is 0 Å². The standard InChI is InChI=1S/C22H17N5O2S2/c1-14-12-30-21(23-14)24-19(28)13-31-22-26-25-20(27(22)16-8-3-2-4-9-16)18-11-15-7-5-6-10-17(15)29-18/h2-12H,13H2,1H3,(H,23,24,28). The van der Waals surface area contributed by atoms with Gasteiger partial charge in [0.15, 0.2) is 16.0 Å². The van der Waals surface area contributed by atoms with E-state index >= 15 is 0 Å². The van der Waals surface area contributed by atoms with E-state index < -0.39 is 0 Å². The normalized spacial score (nSPS) is 11.1. The van der Waals surface area contributed by atoms with Gasteiger partial charge < -0.3 is 9.73 Å². The molecule has 0 saturated carbocycles. The number of aromatic nitrogens is 4. The molecule has 2 aromatic carbocycles. The zero-order valence-electron chi connectivity index (χ0n) is 16.5. The molecule has 0 aliphatic carbocycles. The molecule has 9 heteroatoms. The smallest absolute Gasteiger partial charge is 0.236 e. The minimum atomic E-state index is -0.146. The fraction of sp³-hybridized carbons (Fsp3) is 0.0909. The molecule has 0 radical (unpaired) electrons. The third-order valence-electron chi connectivity index (χ3n) is 4.49. The predicted octanol–water partition coefficient (Wildman–Crippen LogP) is 5.18. The molecule has 0 unspecified atom stereocenters. The second-order valence-electron chi connectivity index (χ2n) is 6.76. The first-order chi connectivity index (χ1) is 15.2. The first kappa shape index (κ1) is 19.5. The Bertz CT molecular complexity index is 1320. The fourth-order valence-corrected chi connectivity index (χ4v) is 4.58. The number of nitrogens with one attached hydrogen (secondary N) is 1. The number of furan rings is 1. The Kier molecular flexibility index (Phi) is 5.27. The van der Waals surface area contributed by atoms with Gasteiger partial charge in [0.05, 0.1) is 11.4 Å². The van der Waals surface area contributed by atoms with Crippen LogP contribution in [0.15, 0.2) is 75.6 Å². The highest BCUT2D eigenvalue weighted by molar-refractivity contribution is 7.99. The molecule has 0 atom stereocenters. The van der Waals surface area contributed by atoms with Crippen molar-refractivity contribution in [1.29, 1.82) is 0 Å². The lowest BCUT2D eigenvalue weighted by atomic mass is 10.2. The SMILES string of the molecule is Cc1csc(NC(=O)CSc2nnc(-c3cc4ccccc4o3)n2-c2ccccc2)n1. The number of thioether (sulfide) groups is 1. The number of hydrogen-bond donors (Lipinski definition) is 1. The van der Waals surface area contributed by atoms with Gasteiger partial charge in [0.25, 0.3) is 0 Å². The van der Waals surface area contributed by atoms with Gasteiger partial charge in [-0.25, -0.2) is 4.98 Å². The average Bonchev–Trinajstić information content (AvgIpc) is 3.50. The summed E-state index contributed by atoms with van der Waals surface area (Å²) in [5.41, 5.74) is 2.56. The van der Waals surface area contributed by atoms with Gasteiger partial charge in [-0.15, -0.1) is 21.5 Å². The fourth-order valence-electron chi connectivity index (χ4n) is 3.12. The molecule has 0 bridgehead atoms. The summed E-state index contributed by atoms with van der Waals surface area (Å²) in [6, 6.07) is 19.5. The number of para-hydroxylation sites is 2. The molecule has 31 heavy (non-hydrogen) atoms. The summed E-state index contributed by atoms with van der Waals surface area (Å²) < 4.78 is 7.92. The van der Waals surface area contributed by atoms with Crippen molar-refractivity contribution < 1.29 is 9.21 Å². The maximum atomic E-state index is 12.4. The van der Waals surface area contributed by atoms with Crippen LogP contribution in [0.25, 0.3) is 28.2 Å². The van der Waals surface area contributed by atoms with Gasteiger partial charge in [-0.2, -0.15) is 0 Å². The number of carbonyl (C=O) groups is 1. The highest BCUT2D eigenvalue weighted by Gasteiger charge is 2.20. The van der Waals surface area contributed by atoms with Crippen LogP contribution in [0.4, 0.5) is 5.13 Å². The van der Waals surface area contributed by atoms with E-state index in [9.17, 15) is 4.79 Å². The lowest BCUT2D eigenvalue weighted by Crippen LogP contribution is -2.14. The maximum absolute atomic E-state index is 12.4. The topological polar surface area (TPSA) is 85.8 Å². The molecule has 3 aromatic heterocycles. The van der Waals surface area contributed by atoms with Gasteiger partial charge in [-0.05, 0) is 31.2 Å². The van der Waals surface area contributed by atoms with Gasteiger partial charge >= 0.3 is 0 Å². The van der Waals surface area contributed by atoms with Crippen LogP contribution in [0.2, 0.25) is 0 Å². The molecule has 0 aliphatic heterocycles. The summed E-state index contributed by atoms with van der Waals surface area (Å²) >= 11 is 2.72. The molecule has 154 valence electrons. The summed E-state index contributed by atoms with van der Waals surface area (Å²) in [4.78, 5) is 16.7. The molecule has 7 nitrogen and oxygen atoms in total. The molecule has 0 aliphatic rings. The Balaban J connectivity index is 1.45. The van der Waals surface area contributed by atoms with E-state index in [2.05, 4.69) is 20.5 Å². The lowest BCUT2D eigenvalue weighted by Gasteiger charge is -2.08. The highest BCUT2D eigenvalue weighted by atomic mass is 32.2. The minimum absolute atomic E-state index is 0.146. The van der Waals surface area contributed by atoms with Crippen molar-refractivity contribution in [3.8, 4) is 17.3 Å². The van der Waals surface area contributed by atoms with E-state index in [1.165, 1.54) is 23.1 Å². The van der Waals surface area contributed by atoms with Crippen molar-refractivity contribution in [2.24, 2.45) is 0 Å². The number of anilines is 1. The van der Waals surface area contributed by atoms with Gasteiger partial charge in [-0.1, -0.05) is 48.2 Å². The number of amides is 1. The summed E-state index contributed by atoms with van der Waals surface area (Å²) in [7, 11) is 0. The lowest BCUT2D eigenvalue weighted by molar-refractivity contribution is -0.113. The van der Waals surface area contributed by atoms with Gasteiger partial charge in [0.2, 0.25) is 11.7 Å². The van der Waals surface area contributed by atoms with Crippen molar-refractivity contribution in [3.63, 3.8) is 0 Å². The number of carbonyl (C=O) groups excluding carboxylic acids is 1. The van der Waals surface area contributed by atoms with E-state index in [4.69, 9.17) is 4.42 Å². The number of fused-ring (bicyclic) bond motifs is 1. The van der Waals surface area contributed by atoms with Crippen LogP contribution >= 0.6 is 23.1 Å². The predicted molar refractivity (Wildman–Crippen MR) is 123 cm³/mol. The number of nitrogens with zero attached hydrogens (tertiary/aromatic N) is 4. The maximum Gasteiger partial charge on any atom is 0.236 e. The van der Waals surface area contributed by atoms with E-state index in [-0.39, 0.29) is 11.7 Å². The summed E-state index contributed by atoms with van der Waals surface area (Å²) in [6.45, 7) is 1.89. The number of aryl methyl sites for hydroxylation is 1. The van der Waals surface area contributed by atoms with Crippen LogP contribution in [0.3, 0.4) is 0 Å². The zero-order chi connectivity index (χ0) is 21.2. The molecule has 0 spiro atoms. The Morgan fingerprint density at radius 2 is 1.94 bits per heavy atom. The van der Waals surface area contributed by atoms with Gasteiger partial charge in [-0.3, -0.25) is 9.36 Å². The average molecular weight is 448 g/mol. The van der Waals surface area contributed by atoms with E-state index in [0.29, 0.717) is 21.9 Å². The number of hydrogen-bond acceptors (Lipinski definition) is 7. The second-order valence-corrected chi connectivity index (χ2v) is 8.56. The first-order valence-corrected chi connectivity index (χ1v) is 11.4. The minimum Gasteiger partial charge on any atom is -0.453 e. The molecule has 1 amide bonds. The molecule has 5 rings (SSSR count). The third kappa shape index (κ3) is 4.10. The largest absolute Gasteiger partial charge is 0.453 e. The Morgan fingerprint density at radius 3 is 2.71 bits per heavy atom. The number of thiazole rings is 1. The Labute approximate surface area is 186 Å². The van der Waals surface area contributed by atoms with Crippen LogP contribution in [-0.4, -0.2) is 31.4 Å². The summed E-state index contributed by atoms with van der Waals surface area (Å²) in [5.74, 6) is 1.24. The Hall–Kier alpha value is -3.43. The molecular weight excluding hydrogens is 430 g/mol. The van der Waals surface area contributed by atoms with E-state index in [0.717, 1.165) is 22.4 Å². The third-order valence-corrected chi connectivity index (χ3v) is 6.30. The molecule has 3 heterocycles. The van der Waals surface area contributed by atoms with Crippen molar-refractivity contribution in [3.05, 3.63) is 71.7 Å². The first-order valence-electron chi connectivity index (χ1n) is 9.52. The van der Waals surface area contributed by atoms with Crippen molar-refractivity contribution in [2.45, 2.75) is 12.1 Å². The van der Waals surface area contributed by atoms with Gasteiger partial charge in [0, 0.05) is 16.5 Å². The molecule has 0 fully saturated rings. The van der Waals surface area contributed by atoms with Crippen molar-refractivity contribution >= 4 is 45.1 Å². The Morgan fingerprint density at radius 1 is 1.13 bits per heavy atom. The van der Waals surface area contributed by atoms with Gasteiger partial charge in [0.1, 0.15) is 5.58 Å². The monoisotopic (exact) mass is 447 g/mol. The van der Waals surface area contributed by atoms with E-state index in [1.807, 2.05) is 77.5 Å². The van der Waals surface area contributed by atoms with Crippen LogP contribution in [0, 0.1) is 6.92 Å². The number of benzene rings is 2.